The molecule has 0 heterocycles. The van der Waals surface area contributed by atoms with Crippen LogP contribution in [0.25, 0.3) is 10.8 Å². The fourth-order valence-electron chi connectivity index (χ4n) is 2.79. The average Bonchev–Trinajstić information content (AvgIpc) is 3.22. The third-order valence-corrected chi connectivity index (χ3v) is 3.94. The van der Waals surface area contributed by atoms with Gasteiger partial charge in [-0.1, -0.05) is 37.1 Å². The van der Waals surface area contributed by atoms with Crippen molar-refractivity contribution in [2.75, 3.05) is 5.32 Å². The Kier molecular flexibility index (Phi) is 3.35. The molecule has 1 unspecified atom stereocenters. The van der Waals surface area contributed by atoms with Gasteiger partial charge in [0.15, 0.2) is 0 Å². The summed E-state index contributed by atoms with van der Waals surface area (Å²) in [5, 5.41) is 14.6. The Morgan fingerprint density at radius 1 is 1.25 bits per heavy atom. The van der Waals surface area contributed by atoms with Gasteiger partial charge in [0.25, 0.3) is 0 Å². The van der Waals surface area contributed by atoms with Crippen molar-refractivity contribution in [1.82, 2.24) is 0 Å². The summed E-state index contributed by atoms with van der Waals surface area (Å²) in [5.74, 6) is 0.000774. The number of benzene rings is 2. The third-order valence-electron chi connectivity index (χ3n) is 3.94. The van der Waals surface area contributed by atoms with Gasteiger partial charge in [-0.25, -0.2) is 4.79 Å². The van der Waals surface area contributed by atoms with E-state index in [1.807, 2.05) is 30.3 Å². The van der Waals surface area contributed by atoms with Gasteiger partial charge in [0, 0.05) is 17.1 Å². The molecule has 104 valence electrons. The Morgan fingerprint density at radius 3 is 2.60 bits per heavy atom. The van der Waals surface area contributed by atoms with Gasteiger partial charge in [0.05, 0.1) is 5.56 Å². The van der Waals surface area contributed by atoms with Gasteiger partial charge in [-0.15, -0.1) is 0 Å². The van der Waals surface area contributed by atoms with E-state index in [-0.39, 0.29) is 0 Å². The van der Waals surface area contributed by atoms with Crippen LogP contribution in [0.3, 0.4) is 0 Å². The smallest absolute Gasteiger partial charge is 0.336 e. The van der Waals surface area contributed by atoms with Crippen LogP contribution in [0.5, 0.6) is 0 Å². The summed E-state index contributed by atoms with van der Waals surface area (Å²) in [6, 6.07) is 11.7. The lowest BCUT2D eigenvalue weighted by molar-refractivity contribution is 0.0699. The summed E-state index contributed by atoms with van der Waals surface area (Å²) in [4.78, 5) is 11.3. The molecule has 0 saturated heterocycles. The van der Waals surface area contributed by atoms with Crippen LogP contribution in [0, 0.1) is 5.92 Å². The van der Waals surface area contributed by atoms with E-state index in [1.165, 1.54) is 19.3 Å². The largest absolute Gasteiger partial charge is 0.478 e. The van der Waals surface area contributed by atoms with Crippen LogP contribution in [-0.4, -0.2) is 17.1 Å². The zero-order chi connectivity index (χ0) is 14.1. The van der Waals surface area contributed by atoms with Gasteiger partial charge >= 0.3 is 5.97 Å². The number of fused-ring (bicyclic) bond motifs is 1. The predicted molar refractivity (Wildman–Crippen MR) is 81.3 cm³/mol. The second kappa shape index (κ2) is 5.16. The Hall–Kier alpha value is -2.03. The third kappa shape index (κ3) is 2.62. The minimum Gasteiger partial charge on any atom is -0.478 e. The molecule has 0 spiro atoms. The van der Waals surface area contributed by atoms with Gasteiger partial charge in [0.1, 0.15) is 0 Å². The molecule has 2 aromatic rings. The molecular weight excluding hydrogens is 250 g/mol. The SMILES string of the molecule is CC(CC1CC1)Nc1ccc(C(=O)O)c2ccccc12. The molecule has 1 fully saturated rings. The quantitative estimate of drug-likeness (QED) is 0.857. The molecule has 1 saturated carbocycles. The number of anilines is 1. The highest BCUT2D eigenvalue weighted by Gasteiger charge is 2.23. The standard InChI is InChI=1S/C17H19NO2/c1-11(10-12-6-7-12)18-16-9-8-15(17(19)20)13-4-2-3-5-14(13)16/h2-5,8-9,11-12,18H,6-7,10H2,1H3,(H,19,20). The summed E-state index contributed by atoms with van der Waals surface area (Å²) < 4.78 is 0. The second-order valence-electron chi connectivity index (χ2n) is 5.74. The van der Waals surface area contributed by atoms with Crippen molar-refractivity contribution in [1.29, 1.82) is 0 Å². The number of carboxylic acid groups (broad SMARTS) is 1. The first-order chi connectivity index (χ1) is 9.65. The second-order valence-corrected chi connectivity index (χ2v) is 5.74. The zero-order valence-electron chi connectivity index (χ0n) is 11.6. The van der Waals surface area contributed by atoms with Crippen molar-refractivity contribution < 1.29 is 9.90 Å². The summed E-state index contributed by atoms with van der Waals surface area (Å²) in [6.07, 6.45) is 3.89. The summed E-state index contributed by atoms with van der Waals surface area (Å²) >= 11 is 0. The van der Waals surface area contributed by atoms with Gasteiger partial charge in [-0.05, 0) is 36.8 Å². The molecule has 1 aliphatic rings. The number of carboxylic acids is 1. The topological polar surface area (TPSA) is 49.3 Å². The first kappa shape index (κ1) is 13.0. The highest BCUT2D eigenvalue weighted by atomic mass is 16.4. The van der Waals surface area contributed by atoms with Crippen LogP contribution in [-0.2, 0) is 0 Å². The van der Waals surface area contributed by atoms with Gasteiger partial charge in [-0.2, -0.15) is 0 Å². The van der Waals surface area contributed by atoms with Crippen molar-refractivity contribution in [3.05, 3.63) is 42.0 Å². The van der Waals surface area contributed by atoms with Crippen molar-refractivity contribution in [2.24, 2.45) is 5.92 Å². The molecule has 3 rings (SSSR count). The molecule has 20 heavy (non-hydrogen) atoms. The highest BCUT2D eigenvalue weighted by molar-refractivity contribution is 6.07. The number of carbonyl (C=O) groups is 1. The molecule has 0 bridgehead atoms. The Balaban J connectivity index is 1.94. The summed E-state index contributed by atoms with van der Waals surface area (Å²) in [7, 11) is 0. The number of nitrogens with one attached hydrogen (secondary N) is 1. The molecule has 3 heteroatoms. The number of rotatable bonds is 5. The van der Waals surface area contributed by atoms with Crippen LogP contribution in [0.4, 0.5) is 5.69 Å². The fourth-order valence-corrected chi connectivity index (χ4v) is 2.79. The first-order valence-corrected chi connectivity index (χ1v) is 7.16. The van der Waals surface area contributed by atoms with E-state index < -0.39 is 5.97 Å². The van der Waals surface area contributed by atoms with Crippen molar-refractivity contribution in [3.63, 3.8) is 0 Å². The maximum absolute atomic E-state index is 11.3. The predicted octanol–water partition coefficient (Wildman–Crippen LogP) is 4.14. The molecule has 1 atom stereocenters. The summed E-state index contributed by atoms with van der Waals surface area (Å²) in [5.41, 5.74) is 1.39. The molecule has 0 aromatic heterocycles. The maximum atomic E-state index is 11.3. The lowest BCUT2D eigenvalue weighted by Crippen LogP contribution is -2.16. The minimum absolute atomic E-state index is 0.362. The molecule has 2 N–H and O–H groups in total. The van der Waals surface area contributed by atoms with Gasteiger partial charge in [-0.3, -0.25) is 0 Å². The first-order valence-electron chi connectivity index (χ1n) is 7.16. The molecule has 3 nitrogen and oxygen atoms in total. The average molecular weight is 269 g/mol. The van der Waals surface area contributed by atoms with Crippen LogP contribution in [0.15, 0.2) is 36.4 Å². The van der Waals surface area contributed by atoms with Crippen LogP contribution in [0.1, 0.15) is 36.5 Å². The van der Waals surface area contributed by atoms with E-state index in [4.69, 9.17) is 0 Å². The number of hydrogen-bond donors (Lipinski definition) is 2. The van der Waals surface area contributed by atoms with E-state index >= 15 is 0 Å². The number of hydrogen-bond acceptors (Lipinski definition) is 2. The Labute approximate surface area is 118 Å². The van der Waals surface area contributed by atoms with Gasteiger partial charge < -0.3 is 10.4 Å². The molecule has 1 aliphatic carbocycles. The molecule has 0 amide bonds. The molecule has 0 aliphatic heterocycles. The van der Waals surface area contributed by atoms with E-state index in [0.29, 0.717) is 11.6 Å². The summed E-state index contributed by atoms with van der Waals surface area (Å²) in [6.45, 7) is 2.19. The van der Waals surface area contributed by atoms with E-state index in [1.54, 1.807) is 6.07 Å². The number of aromatic carboxylic acids is 1. The van der Waals surface area contributed by atoms with Crippen molar-refractivity contribution >= 4 is 22.4 Å². The Morgan fingerprint density at radius 2 is 1.95 bits per heavy atom. The minimum atomic E-state index is -0.876. The Bertz CT molecular complexity index is 646. The highest BCUT2D eigenvalue weighted by Crippen LogP contribution is 2.35. The van der Waals surface area contributed by atoms with Crippen molar-refractivity contribution in [2.45, 2.75) is 32.2 Å². The monoisotopic (exact) mass is 269 g/mol. The molecule has 2 aromatic carbocycles. The lowest BCUT2D eigenvalue weighted by atomic mass is 10.0. The lowest BCUT2D eigenvalue weighted by Gasteiger charge is -2.17. The van der Waals surface area contributed by atoms with Crippen molar-refractivity contribution in [3.8, 4) is 0 Å². The van der Waals surface area contributed by atoms with Gasteiger partial charge in [0.2, 0.25) is 0 Å². The molecular formula is C17H19NO2. The maximum Gasteiger partial charge on any atom is 0.336 e. The zero-order valence-corrected chi connectivity index (χ0v) is 11.6. The van der Waals surface area contributed by atoms with E-state index in [2.05, 4.69) is 12.2 Å². The fraction of sp³-hybridized carbons (Fsp3) is 0.353. The van der Waals surface area contributed by atoms with E-state index in [9.17, 15) is 9.90 Å². The normalized spacial score (nSPS) is 16.1. The van der Waals surface area contributed by atoms with Crippen LogP contribution in [0.2, 0.25) is 0 Å². The van der Waals surface area contributed by atoms with Crippen LogP contribution >= 0.6 is 0 Å². The van der Waals surface area contributed by atoms with E-state index in [0.717, 1.165) is 22.4 Å². The molecule has 0 radical (unpaired) electrons. The van der Waals surface area contributed by atoms with Crippen LogP contribution < -0.4 is 5.32 Å².